The summed E-state index contributed by atoms with van der Waals surface area (Å²) in [6.07, 6.45) is 0.760. The summed E-state index contributed by atoms with van der Waals surface area (Å²) in [6, 6.07) is 6.17. The molecule has 1 atom stereocenters. The fourth-order valence-electron chi connectivity index (χ4n) is 1.55. The van der Waals surface area contributed by atoms with Gasteiger partial charge in [-0.2, -0.15) is 0 Å². The molecular formula is C11H14N2O. The van der Waals surface area contributed by atoms with Gasteiger partial charge in [0.25, 0.3) is 0 Å². The molecule has 2 aromatic rings. The van der Waals surface area contributed by atoms with Crippen LogP contribution in [0.2, 0.25) is 0 Å². The Morgan fingerprint density at radius 1 is 1.50 bits per heavy atom. The van der Waals surface area contributed by atoms with E-state index in [1.165, 1.54) is 5.56 Å². The SMILES string of the molecule is Cc1ccc2onc(CC(C)N)c2c1. The number of aromatic nitrogens is 1. The first kappa shape index (κ1) is 9.21. The highest BCUT2D eigenvalue weighted by molar-refractivity contribution is 5.80. The lowest BCUT2D eigenvalue weighted by atomic mass is 10.1. The molecule has 1 heterocycles. The summed E-state index contributed by atoms with van der Waals surface area (Å²) in [5.74, 6) is 0. The van der Waals surface area contributed by atoms with E-state index in [1.807, 2.05) is 19.1 Å². The molecular weight excluding hydrogens is 176 g/mol. The molecule has 0 saturated heterocycles. The van der Waals surface area contributed by atoms with Crippen molar-refractivity contribution in [1.29, 1.82) is 0 Å². The highest BCUT2D eigenvalue weighted by Crippen LogP contribution is 2.20. The van der Waals surface area contributed by atoms with Crippen LogP contribution in [0.4, 0.5) is 0 Å². The molecule has 0 bridgehead atoms. The first-order valence-electron chi connectivity index (χ1n) is 4.77. The molecule has 2 N–H and O–H groups in total. The Morgan fingerprint density at radius 3 is 3.00 bits per heavy atom. The Balaban J connectivity index is 2.50. The van der Waals surface area contributed by atoms with Gasteiger partial charge in [0.15, 0.2) is 5.58 Å². The molecule has 0 fully saturated rings. The minimum Gasteiger partial charge on any atom is -0.356 e. The number of benzene rings is 1. The van der Waals surface area contributed by atoms with Crippen LogP contribution in [0.1, 0.15) is 18.2 Å². The Morgan fingerprint density at radius 2 is 2.29 bits per heavy atom. The van der Waals surface area contributed by atoms with Gasteiger partial charge in [0.2, 0.25) is 0 Å². The lowest BCUT2D eigenvalue weighted by molar-refractivity contribution is 0.443. The first-order valence-corrected chi connectivity index (χ1v) is 4.77. The monoisotopic (exact) mass is 190 g/mol. The van der Waals surface area contributed by atoms with Crippen molar-refractivity contribution >= 4 is 11.0 Å². The minimum atomic E-state index is 0.115. The van der Waals surface area contributed by atoms with Gasteiger partial charge in [0.05, 0.1) is 5.69 Å². The van der Waals surface area contributed by atoms with Crippen molar-refractivity contribution in [2.45, 2.75) is 26.3 Å². The van der Waals surface area contributed by atoms with Gasteiger partial charge in [-0.3, -0.25) is 0 Å². The molecule has 0 aliphatic heterocycles. The van der Waals surface area contributed by atoms with Gasteiger partial charge in [0.1, 0.15) is 0 Å². The number of nitrogens with two attached hydrogens (primary N) is 1. The average molecular weight is 190 g/mol. The predicted molar refractivity (Wildman–Crippen MR) is 56.1 cm³/mol. The van der Waals surface area contributed by atoms with E-state index in [1.54, 1.807) is 0 Å². The van der Waals surface area contributed by atoms with E-state index in [4.69, 9.17) is 10.3 Å². The van der Waals surface area contributed by atoms with Gasteiger partial charge in [-0.25, -0.2) is 0 Å². The van der Waals surface area contributed by atoms with Gasteiger partial charge in [0, 0.05) is 17.8 Å². The van der Waals surface area contributed by atoms with Crippen molar-refractivity contribution in [1.82, 2.24) is 5.16 Å². The molecule has 14 heavy (non-hydrogen) atoms. The highest BCUT2D eigenvalue weighted by Gasteiger charge is 2.09. The van der Waals surface area contributed by atoms with Gasteiger partial charge < -0.3 is 10.3 Å². The van der Waals surface area contributed by atoms with Crippen LogP contribution in [0.25, 0.3) is 11.0 Å². The molecule has 74 valence electrons. The Hall–Kier alpha value is -1.35. The molecule has 0 aliphatic carbocycles. The van der Waals surface area contributed by atoms with Crippen LogP contribution >= 0.6 is 0 Å². The van der Waals surface area contributed by atoms with Crippen molar-refractivity contribution in [2.24, 2.45) is 5.73 Å². The summed E-state index contributed by atoms with van der Waals surface area (Å²) in [4.78, 5) is 0. The van der Waals surface area contributed by atoms with E-state index >= 15 is 0 Å². The fraction of sp³-hybridized carbons (Fsp3) is 0.364. The molecule has 3 nitrogen and oxygen atoms in total. The van der Waals surface area contributed by atoms with E-state index in [9.17, 15) is 0 Å². The molecule has 0 saturated carbocycles. The van der Waals surface area contributed by atoms with Crippen LogP contribution in [0.15, 0.2) is 22.7 Å². The van der Waals surface area contributed by atoms with Gasteiger partial charge in [-0.1, -0.05) is 16.8 Å². The number of nitrogens with zero attached hydrogens (tertiary/aromatic N) is 1. The van der Waals surface area contributed by atoms with E-state index in [0.717, 1.165) is 23.1 Å². The minimum absolute atomic E-state index is 0.115. The normalized spacial score (nSPS) is 13.4. The lowest BCUT2D eigenvalue weighted by Gasteiger charge is -2.00. The smallest absolute Gasteiger partial charge is 0.167 e. The summed E-state index contributed by atoms with van der Waals surface area (Å²) in [5, 5.41) is 5.11. The second-order valence-electron chi connectivity index (χ2n) is 3.81. The molecule has 1 aromatic heterocycles. The summed E-state index contributed by atoms with van der Waals surface area (Å²) in [7, 11) is 0. The third-order valence-electron chi connectivity index (χ3n) is 2.22. The predicted octanol–water partition coefficient (Wildman–Crippen LogP) is 2.03. The van der Waals surface area contributed by atoms with Gasteiger partial charge in [-0.05, 0) is 26.0 Å². The Bertz CT molecular complexity index is 445. The van der Waals surface area contributed by atoms with Crippen molar-refractivity contribution in [3.8, 4) is 0 Å². The first-order chi connectivity index (χ1) is 6.66. The topological polar surface area (TPSA) is 52.0 Å². The number of rotatable bonds is 2. The van der Waals surface area contributed by atoms with E-state index < -0.39 is 0 Å². The fourth-order valence-corrected chi connectivity index (χ4v) is 1.55. The Kier molecular flexibility index (Phi) is 2.25. The molecule has 0 amide bonds. The third-order valence-corrected chi connectivity index (χ3v) is 2.22. The largest absolute Gasteiger partial charge is 0.356 e. The number of hydrogen-bond acceptors (Lipinski definition) is 3. The van der Waals surface area contributed by atoms with Crippen molar-refractivity contribution in [3.63, 3.8) is 0 Å². The molecule has 1 unspecified atom stereocenters. The van der Waals surface area contributed by atoms with E-state index in [2.05, 4.69) is 18.1 Å². The van der Waals surface area contributed by atoms with Crippen LogP contribution < -0.4 is 5.73 Å². The lowest BCUT2D eigenvalue weighted by Crippen LogP contribution is -2.18. The van der Waals surface area contributed by atoms with Crippen LogP contribution in [0.3, 0.4) is 0 Å². The summed E-state index contributed by atoms with van der Waals surface area (Å²) < 4.78 is 5.20. The number of hydrogen-bond donors (Lipinski definition) is 1. The van der Waals surface area contributed by atoms with E-state index in [0.29, 0.717) is 0 Å². The zero-order valence-corrected chi connectivity index (χ0v) is 8.45. The molecule has 3 heteroatoms. The van der Waals surface area contributed by atoms with Crippen LogP contribution in [-0.2, 0) is 6.42 Å². The molecule has 0 spiro atoms. The van der Waals surface area contributed by atoms with Crippen molar-refractivity contribution in [2.75, 3.05) is 0 Å². The maximum Gasteiger partial charge on any atom is 0.167 e. The Labute approximate surface area is 82.9 Å². The second kappa shape index (κ2) is 3.42. The quantitative estimate of drug-likeness (QED) is 0.788. The molecule has 2 rings (SSSR count). The van der Waals surface area contributed by atoms with Gasteiger partial charge in [-0.15, -0.1) is 0 Å². The van der Waals surface area contributed by atoms with Crippen molar-refractivity contribution < 1.29 is 4.52 Å². The maximum absolute atomic E-state index is 5.73. The molecule has 0 aliphatic rings. The third kappa shape index (κ3) is 1.63. The second-order valence-corrected chi connectivity index (χ2v) is 3.81. The maximum atomic E-state index is 5.73. The molecule has 0 radical (unpaired) electrons. The number of fused-ring (bicyclic) bond motifs is 1. The summed E-state index contributed by atoms with van der Waals surface area (Å²) >= 11 is 0. The average Bonchev–Trinajstić information content (AvgIpc) is 2.47. The number of aryl methyl sites for hydroxylation is 1. The van der Waals surface area contributed by atoms with Gasteiger partial charge >= 0.3 is 0 Å². The summed E-state index contributed by atoms with van der Waals surface area (Å²) in [5.41, 5.74) is 8.74. The summed E-state index contributed by atoms with van der Waals surface area (Å²) in [6.45, 7) is 4.03. The zero-order valence-electron chi connectivity index (χ0n) is 8.45. The standard InChI is InChI=1S/C11H14N2O/c1-7-3-4-11-9(5-7)10(13-14-11)6-8(2)12/h3-5,8H,6,12H2,1-2H3. The van der Waals surface area contributed by atoms with Crippen molar-refractivity contribution in [3.05, 3.63) is 29.5 Å². The van der Waals surface area contributed by atoms with E-state index in [-0.39, 0.29) is 6.04 Å². The zero-order chi connectivity index (χ0) is 10.1. The highest BCUT2D eigenvalue weighted by atomic mass is 16.5. The molecule has 1 aromatic carbocycles. The van der Waals surface area contributed by atoms with Crippen LogP contribution in [0, 0.1) is 6.92 Å². The van der Waals surface area contributed by atoms with Crippen LogP contribution in [0.5, 0.6) is 0 Å². The van der Waals surface area contributed by atoms with Crippen LogP contribution in [-0.4, -0.2) is 11.2 Å².